The molecule has 1 aliphatic carbocycles. The van der Waals surface area contributed by atoms with Gasteiger partial charge in [0, 0.05) is 31.2 Å². The molecule has 1 aliphatic heterocycles. The molecule has 6 nitrogen and oxygen atoms in total. The van der Waals surface area contributed by atoms with Crippen molar-refractivity contribution in [2.24, 2.45) is 0 Å². The molecule has 144 valence electrons. The SMILES string of the molecule is CN(C)CCN(C1CCCCC1)S(=O)(=O)c1ccc2c(c1)CCC(=O)N2. The Morgan fingerprint density at radius 2 is 1.81 bits per heavy atom. The molecule has 0 atom stereocenters. The van der Waals surface area contributed by atoms with Crippen molar-refractivity contribution >= 4 is 21.6 Å². The largest absolute Gasteiger partial charge is 0.326 e. The summed E-state index contributed by atoms with van der Waals surface area (Å²) in [5.74, 6) is -0.0112. The van der Waals surface area contributed by atoms with Crippen molar-refractivity contribution in [1.29, 1.82) is 0 Å². The summed E-state index contributed by atoms with van der Waals surface area (Å²) in [6.45, 7) is 1.21. The second-order valence-corrected chi connectivity index (χ2v) is 9.47. The molecule has 0 bridgehead atoms. The number of anilines is 1. The number of carbonyl (C=O) groups excluding carboxylic acids is 1. The number of likely N-dealkylation sites (N-methyl/N-ethyl adjacent to an activating group) is 1. The maximum atomic E-state index is 13.4. The number of rotatable bonds is 6. The zero-order chi connectivity index (χ0) is 18.7. The summed E-state index contributed by atoms with van der Waals surface area (Å²) in [6.07, 6.45) is 6.25. The van der Waals surface area contributed by atoms with Crippen molar-refractivity contribution in [3.05, 3.63) is 23.8 Å². The van der Waals surface area contributed by atoms with Gasteiger partial charge in [-0.15, -0.1) is 0 Å². The van der Waals surface area contributed by atoms with Crippen LogP contribution in [-0.4, -0.2) is 56.8 Å². The average molecular weight is 380 g/mol. The zero-order valence-electron chi connectivity index (χ0n) is 15.7. The molecule has 1 aromatic carbocycles. The average Bonchev–Trinajstić information content (AvgIpc) is 2.61. The van der Waals surface area contributed by atoms with Gasteiger partial charge < -0.3 is 10.2 Å². The normalized spacial score (nSPS) is 18.8. The minimum atomic E-state index is -3.55. The number of amides is 1. The Kier molecular flexibility index (Phi) is 5.99. The third kappa shape index (κ3) is 4.27. The Hall–Kier alpha value is -1.44. The summed E-state index contributed by atoms with van der Waals surface area (Å²) in [7, 11) is 0.382. The van der Waals surface area contributed by atoms with Crippen LogP contribution in [0.15, 0.2) is 23.1 Å². The predicted molar refractivity (Wildman–Crippen MR) is 103 cm³/mol. The Morgan fingerprint density at radius 1 is 1.08 bits per heavy atom. The molecule has 1 heterocycles. The fourth-order valence-corrected chi connectivity index (χ4v) is 5.55. The van der Waals surface area contributed by atoms with Gasteiger partial charge in [-0.1, -0.05) is 19.3 Å². The van der Waals surface area contributed by atoms with Crippen LogP contribution in [0, 0.1) is 0 Å². The third-order valence-electron chi connectivity index (χ3n) is 5.33. The lowest BCUT2D eigenvalue weighted by molar-refractivity contribution is -0.116. The van der Waals surface area contributed by atoms with Gasteiger partial charge in [0.2, 0.25) is 15.9 Å². The first-order chi connectivity index (χ1) is 12.4. The van der Waals surface area contributed by atoms with Gasteiger partial charge in [-0.3, -0.25) is 4.79 Å². The summed E-state index contributed by atoms with van der Waals surface area (Å²) in [5, 5.41) is 2.82. The van der Waals surface area contributed by atoms with E-state index >= 15 is 0 Å². The van der Waals surface area contributed by atoms with Crippen molar-refractivity contribution in [3.8, 4) is 0 Å². The van der Waals surface area contributed by atoms with Crippen molar-refractivity contribution in [2.45, 2.75) is 55.9 Å². The zero-order valence-corrected chi connectivity index (χ0v) is 16.5. The molecular weight excluding hydrogens is 350 g/mol. The first-order valence-electron chi connectivity index (χ1n) is 9.47. The molecule has 2 aliphatic rings. The summed E-state index contributed by atoms with van der Waals surface area (Å²) in [5.41, 5.74) is 1.64. The van der Waals surface area contributed by atoms with E-state index in [1.54, 1.807) is 22.5 Å². The fourth-order valence-electron chi connectivity index (χ4n) is 3.82. The molecule has 3 rings (SSSR count). The summed E-state index contributed by atoms with van der Waals surface area (Å²) in [6, 6.07) is 5.19. The first kappa shape index (κ1) is 19.3. The van der Waals surface area contributed by atoms with E-state index in [4.69, 9.17) is 0 Å². The molecular formula is C19H29N3O3S. The molecule has 1 fully saturated rings. The molecule has 1 N–H and O–H groups in total. The van der Waals surface area contributed by atoms with Crippen LogP contribution in [0.25, 0.3) is 0 Å². The molecule has 0 spiro atoms. The van der Waals surface area contributed by atoms with Crippen molar-refractivity contribution in [2.75, 3.05) is 32.5 Å². The minimum Gasteiger partial charge on any atom is -0.326 e. The van der Waals surface area contributed by atoms with E-state index in [9.17, 15) is 13.2 Å². The van der Waals surface area contributed by atoms with Gasteiger partial charge in [0.05, 0.1) is 4.90 Å². The lowest BCUT2D eigenvalue weighted by Gasteiger charge is -2.34. The lowest BCUT2D eigenvalue weighted by Crippen LogP contribution is -2.44. The highest BCUT2D eigenvalue weighted by Crippen LogP contribution is 2.30. The standard InChI is InChI=1S/C19H29N3O3S/c1-21(2)12-13-22(16-6-4-3-5-7-16)26(24,25)17-9-10-18-15(14-17)8-11-19(23)20-18/h9-10,14,16H,3-8,11-13H2,1-2H3,(H,20,23). The van der Waals surface area contributed by atoms with Crippen LogP contribution in [0.5, 0.6) is 0 Å². The molecule has 0 radical (unpaired) electrons. The number of carbonyl (C=O) groups is 1. The third-order valence-corrected chi connectivity index (χ3v) is 7.28. The molecule has 1 saturated carbocycles. The van der Waals surface area contributed by atoms with E-state index in [-0.39, 0.29) is 11.9 Å². The van der Waals surface area contributed by atoms with E-state index in [0.717, 1.165) is 36.9 Å². The Morgan fingerprint density at radius 3 is 2.50 bits per heavy atom. The highest BCUT2D eigenvalue weighted by molar-refractivity contribution is 7.89. The molecule has 26 heavy (non-hydrogen) atoms. The number of benzene rings is 1. The second-order valence-electron chi connectivity index (χ2n) is 7.58. The van der Waals surface area contributed by atoms with Gasteiger partial charge in [-0.2, -0.15) is 4.31 Å². The monoisotopic (exact) mass is 379 g/mol. The maximum Gasteiger partial charge on any atom is 0.243 e. The van der Waals surface area contributed by atoms with Crippen LogP contribution >= 0.6 is 0 Å². The Labute approximate surface area is 156 Å². The summed E-state index contributed by atoms with van der Waals surface area (Å²) >= 11 is 0. The Bertz CT molecular complexity index is 755. The smallest absolute Gasteiger partial charge is 0.243 e. The van der Waals surface area contributed by atoms with Crippen molar-refractivity contribution in [3.63, 3.8) is 0 Å². The van der Waals surface area contributed by atoms with Gasteiger partial charge in [0.15, 0.2) is 0 Å². The van der Waals surface area contributed by atoms with Crippen LogP contribution in [0.1, 0.15) is 44.1 Å². The second kappa shape index (κ2) is 8.06. The number of nitrogens with one attached hydrogen (secondary N) is 1. The van der Waals surface area contributed by atoms with Gasteiger partial charge in [0.1, 0.15) is 0 Å². The summed E-state index contributed by atoms with van der Waals surface area (Å²) < 4.78 is 28.5. The van der Waals surface area contributed by atoms with Gasteiger partial charge in [0.25, 0.3) is 0 Å². The van der Waals surface area contributed by atoms with Crippen LogP contribution in [0.4, 0.5) is 5.69 Å². The van der Waals surface area contributed by atoms with E-state index < -0.39 is 10.0 Å². The summed E-state index contributed by atoms with van der Waals surface area (Å²) in [4.78, 5) is 13.9. The Balaban J connectivity index is 1.89. The topological polar surface area (TPSA) is 69.7 Å². The predicted octanol–water partition coefficient (Wildman–Crippen LogP) is 2.46. The van der Waals surface area contributed by atoms with Gasteiger partial charge >= 0.3 is 0 Å². The maximum absolute atomic E-state index is 13.4. The van der Waals surface area contributed by atoms with E-state index in [1.165, 1.54) is 6.42 Å². The molecule has 1 amide bonds. The number of aryl methyl sites for hydroxylation is 1. The van der Waals surface area contributed by atoms with Crippen molar-refractivity contribution in [1.82, 2.24) is 9.21 Å². The molecule has 0 saturated heterocycles. The van der Waals surface area contributed by atoms with E-state index in [2.05, 4.69) is 5.32 Å². The highest BCUT2D eigenvalue weighted by Gasteiger charge is 2.32. The van der Waals surface area contributed by atoms with E-state index in [1.807, 2.05) is 19.0 Å². The van der Waals surface area contributed by atoms with Crippen molar-refractivity contribution < 1.29 is 13.2 Å². The number of hydrogen-bond donors (Lipinski definition) is 1. The number of nitrogens with zero attached hydrogens (tertiary/aromatic N) is 2. The lowest BCUT2D eigenvalue weighted by atomic mass is 9.95. The van der Waals surface area contributed by atoms with Crippen LogP contribution in [0.2, 0.25) is 0 Å². The number of hydrogen-bond acceptors (Lipinski definition) is 4. The minimum absolute atomic E-state index is 0.0112. The quantitative estimate of drug-likeness (QED) is 0.824. The van der Waals surface area contributed by atoms with Gasteiger partial charge in [-0.25, -0.2) is 8.42 Å². The fraction of sp³-hybridized carbons (Fsp3) is 0.632. The van der Waals surface area contributed by atoms with Crippen LogP contribution < -0.4 is 5.32 Å². The van der Waals surface area contributed by atoms with Crippen LogP contribution in [0.3, 0.4) is 0 Å². The highest BCUT2D eigenvalue weighted by atomic mass is 32.2. The van der Waals surface area contributed by atoms with Gasteiger partial charge in [-0.05, 0) is 57.1 Å². The first-order valence-corrected chi connectivity index (χ1v) is 10.9. The van der Waals surface area contributed by atoms with Crippen LogP contribution in [-0.2, 0) is 21.2 Å². The molecule has 0 aromatic heterocycles. The molecule has 0 unspecified atom stereocenters. The molecule has 7 heteroatoms. The molecule has 1 aromatic rings. The van der Waals surface area contributed by atoms with E-state index in [0.29, 0.717) is 30.8 Å². The number of fused-ring (bicyclic) bond motifs is 1. The number of sulfonamides is 1.